The molecule has 0 fully saturated rings. The lowest BCUT2D eigenvalue weighted by molar-refractivity contribution is 0.248. The third-order valence-electron chi connectivity index (χ3n) is 4.06. The number of hydrogen-bond acceptors (Lipinski definition) is 3. The number of carbonyl (C=O) groups is 1. The van der Waals surface area contributed by atoms with Crippen molar-refractivity contribution in [1.82, 2.24) is 5.32 Å². The Hall–Kier alpha value is -2.69. The number of anilines is 1. The molecular formula is C18H20N2O3. The van der Waals surface area contributed by atoms with Crippen LogP contribution < -0.4 is 20.1 Å². The lowest BCUT2D eigenvalue weighted by Crippen LogP contribution is -2.31. The van der Waals surface area contributed by atoms with E-state index in [1.165, 1.54) is 5.56 Å². The largest absolute Gasteiger partial charge is 0.493 e. The van der Waals surface area contributed by atoms with E-state index in [1.54, 1.807) is 14.2 Å². The minimum absolute atomic E-state index is 0.0199. The van der Waals surface area contributed by atoms with Gasteiger partial charge in [-0.2, -0.15) is 0 Å². The van der Waals surface area contributed by atoms with Crippen LogP contribution in [-0.2, 0) is 6.42 Å². The van der Waals surface area contributed by atoms with Crippen LogP contribution in [0.2, 0.25) is 0 Å². The predicted octanol–water partition coefficient (Wildman–Crippen LogP) is 3.51. The molecule has 0 aliphatic heterocycles. The highest BCUT2D eigenvalue weighted by Gasteiger charge is 2.26. The van der Waals surface area contributed by atoms with Crippen LogP contribution in [0.3, 0.4) is 0 Å². The zero-order valence-corrected chi connectivity index (χ0v) is 13.3. The monoisotopic (exact) mass is 312 g/mol. The van der Waals surface area contributed by atoms with Gasteiger partial charge in [0.15, 0.2) is 11.5 Å². The Morgan fingerprint density at radius 3 is 2.48 bits per heavy atom. The fourth-order valence-corrected chi connectivity index (χ4v) is 2.93. The fourth-order valence-electron chi connectivity index (χ4n) is 2.93. The van der Waals surface area contributed by atoms with E-state index >= 15 is 0 Å². The first-order valence-corrected chi connectivity index (χ1v) is 7.58. The number of urea groups is 1. The second kappa shape index (κ2) is 6.60. The molecule has 5 nitrogen and oxygen atoms in total. The number of amides is 2. The molecule has 0 spiro atoms. The molecule has 1 aliphatic carbocycles. The highest BCUT2D eigenvalue weighted by atomic mass is 16.5. The zero-order chi connectivity index (χ0) is 16.2. The van der Waals surface area contributed by atoms with Crippen molar-refractivity contribution in [2.45, 2.75) is 18.9 Å². The van der Waals surface area contributed by atoms with Gasteiger partial charge in [0, 0.05) is 5.69 Å². The second-order valence-electron chi connectivity index (χ2n) is 5.46. The molecule has 1 aliphatic rings. The first-order valence-electron chi connectivity index (χ1n) is 7.58. The Morgan fingerprint density at radius 1 is 1.09 bits per heavy atom. The van der Waals surface area contributed by atoms with Crippen molar-refractivity contribution in [2.24, 2.45) is 0 Å². The van der Waals surface area contributed by atoms with Crippen LogP contribution in [0.4, 0.5) is 10.5 Å². The third kappa shape index (κ3) is 3.23. The van der Waals surface area contributed by atoms with Gasteiger partial charge in [-0.3, -0.25) is 0 Å². The van der Waals surface area contributed by atoms with Crippen molar-refractivity contribution in [1.29, 1.82) is 0 Å². The van der Waals surface area contributed by atoms with Crippen molar-refractivity contribution >= 4 is 11.7 Å². The van der Waals surface area contributed by atoms with Crippen molar-refractivity contribution in [3.05, 3.63) is 53.6 Å². The Bertz CT molecular complexity index is 701. The van der Waals surface area contributed by atoms with E-state index in [4.69, 9.17) is 9.47 Å². The van der Waals surface area contributed by atoms with E-state index in [9.17, 15) is 4.79 Å². The molecular weight excluding hydrogens is 292 g/mol. The van der Waals surface area contributed by atoms with Crippen molar-refractivity contribution in [3.63, 3.8) is 0 Å². The molecule has 3 rings (SSSR count). The number of ether oxygens (including phenoxy) is 2. The molecule has 1 atom stereocenters. The topological polar surface area (TPSA) is 59.6 Å². The summed E-state index contributed by atoms with van der Waals surface area (Å²) in [7, 11) is 3.24. The Balaban J connectivity index is 1.73. The van der Waals surface area contributed by atoms with Crippen LogP contribution in [0.15, 0.2) is 42.5 Å². The summed E-state index contributed by atoms with van der Waals surface area (Å²) >= 11 is 0. The molecule has 23 heavy (non-hydrogen) atoms. The number of carbonyl (C=O) groups excluding carboxylic acids is 1. The van der Waals surface area contributed by atoms with Gasteiger partial charge in [-0.25, -0.2) is 4.79 Å². The molecule has 2 N–H and O–H groups in total. The summed E-state index contributed by atoms with van der Waals surface area (Å²) in [6, 6.07) is 13.1. The molecule has 0 saturated heterocycles. The van der Waals surface area contributed by atoms with Gasteiger partial charge in [-0.05, 0) is 48.2 Å². The highest BCUT2D eigenvalue weighted by Crippen LogP contribution is 2.39. The first kappa shape index (κ1) is 15.2. The Labute approximate surface area is 135 Å². The van der Waals surface area contributed by atoms with Gasteiger partial charge in [0.2, 0.25) is 0 Å². The van der Waals surface area contributed by atoms with Crippen molar-refractivity contribution < 1.29 is 14.3 Å². The third-order valence-corrected chi connectivity index (χ3v) is 4.06. The molecule has 0 saturated carbocycles. The number of nitrogens with one attached hydrogen (secondary N) is 2. The second-order valence-corrected chi connectivity index (χ2v) is 5.46. The van der Waals surface area contributed by atoms with Gasteiger partial charge in [0.05, 0.1) is 20.3 Å². The summed E-state index contributed by atoms with van der Waals surface area (Å²) in [5.74, 6) is 1.41. The van der Waals surface area contributed by atoms with E-state index in [0.29, 0.717) is 5.75 Å². The molecule has 5 heteroatoms. The minimum atomic E-state index is -0.205. The summed E-state index contributed by atoms with van der Waals surface area (Å²) in [5, 5.41) is 5.87. The smallest absolute Gasteiger partial charge is 0.319 e. The zero-order valence-electron chi connectivity index (χ0n) is 13.3. The summed E-state index contributed by atoms with van der Waals surface area (Å²) in [5.41, 5.74) is 3.05. The summed E-state index contributed by atoms with van der Waals surface area (Å²) in [4.78, 5) is 12.2. The van der Waals surface area contributed by atoms with Crippen molar-refractivity contribution in [2.75, 3.05) is 19.5 Å². The van der Waals surface area contributed by atoms with Gasteiger partial charge in [-0.15, -0.1) is 0 Å². The SMILES string of the molecule is COc1cc2c(cc1OC)C(NC(=O)Nc1ccccc1)CC2. The molecule has 0 heterocycles. The number of rotatable bonds is 4. The maximum absolute atomic E-state index is 12.2. The number of para-hydroxylation sites is 1. The maximum atomic E-state index is 12.2. The van der Waals surface area contributed by atoms with E-state index in [0.717, 1.165) is 29.8 Å². The minimum Gasteiger partial charge on any atom is -0.493 e. The van der Waals surface area contributed by atoms with Gasteiger partial charge < -0.3 is 20.1 Å². The van der Waals surface area contributed by atoms with Crippen LogP contribution in [-0.4, -0.2) is 20.3 Å². The van der Waals surface area contributed by atoms with E-state index in [-0.39, 0.29) is 12.1 Å². The number of methoxy groups -OCH3 is 2. The van der Waals surface area contributed by atoms with E-state index in [2.05, 4.69) is 10.6 Å². The van der Waals surface area contributed by atoms with Gasteiger partial charge in [0.25, 0.3) is 0 Å². The summed E-state index contributed by atoms with van der Waals surface area (Å²) in [6.07, 6.45) is 1.78. The van der Waals surface area contributed by atoms with Crippen LogP contribution in [0, 0.1) is 0 Å². The summed E-state index contributed by atoms with van der Waals surface area (Å²) < 4.78 is 10.7. The predicted molar refractivity (Wildman–Crippen MR) is 89.2 cm³/mol. The van der Waals surface area contributed by atoms with Crippen LogP contribution in [0.1, 0.15) is 23.6 Å². The quantitative estimate of drug-likeness (QED) is 0.908. The molecule has 0 bridgehead atoms. The molecule has 2 aromatic rings. The first-order chi connectivity index (χ1) is 11.2. The van der Waals surface area contributed by atoms with Gasteiger partial charge in [-0.1, -0.05) is 18.2 Å². The van der Waals surface area contributed by atoms with Gasteiger partial charge >= 0.3 is 6.03 Å². The number of benzene rings is 2. The van der Waals surface area contributed by atoms with Crippen LogP contribution in [0.5, 0.6) is 11.5 Å². The lowest BCUT2D eigenvalue weighted by atomic mass is 10.1. The Morgan fingerprint density at radius 2 is 1.78 bits per heavy atom. The van der Waals surface area contributed by atoms with Crippen LogP contribution in [0.25, 0.3) is 0 Å². The molecule has 1 unspecified atom stereocenters. The van der Waals surface area contributed by atoms with Crippen LogP contribution >= 0.6 is 0 Å². The molecule has 0 radical (unpaired) electrons. The average Bonchev–Trinajstić information content (AvgIpc) is 2.96. The van der Waals surface area contributed by atoms with Crippen molar-refractivity contribution in [3.8, 4) is 11.5 Å². The molecule has 2 aromatic carbocycles. The summed E-state index contributed by atoms with van der Waals surface area (Å²) in [6.45, 7) is 0. The number of hydrogen-bond donors (Lipinski definition) is 2. The van der Waals surface area contributed by atoms with Gasteiger partial charge in [0.1, 0.15) is 0 Å². The molecule has 0 aromatic heterocycles. The van der Waals surface area contributed by atoms with E-state index in [1.807, 2.05) is 42.5 Å². The maximum Gasteiger partial charge on any atom is 0.319 e. The average molecular weight is 312 g/mol. The lowest BCUT2D eigenvalue weighted by Gasteiger charge is -2.16. The number of aryl methyl sites for hydroxylation is 1. The van der Waals surface area contributed by atoms with E-state index < -0.39 is 0 Å². The molecule has 120 valence electrons. The Kier molecular flexibility index (Phi) is 4.37. The fraction of sp³-hybridized carbons (Fsp3) is 0.278. The standard InChI is InChI=1S/C18H20N2O3/c1-22-16-10-12-8-9-15(14(12)11-17(16)23-2)20-18(21)19-13-6-4-3-5-7-13/h3-7,10-11,15H,8-9H2,1-2H3,(H2,19,20,21). The normalized spacial score (nSPS) is 15.7. The highest BCUT2D eigenvalue weighted by molar-refractivity contribution is 5.89. The number of fused-ring (bicyclic) bond motifs is 1. The molecule has 2 amide bonds.